The highest BCUT2D eigenvalue weighted by Crippen LogP contribution is 2.73. The van der Waals surface area contributed by atoms with Crippen LogP contribution in [0.15, 0.2) is 41.5 Å². The number of halogens is 1. The van der Waals surface area contributed by atoms with Crippen LogP contribution in [0.3, 0.4) is 0 Å². The highest BCUT2D eigenvalue weighted by atomic mass is 127. The fraction of sp³-hybridized carbons (Fsp3) is 0.389. The largest absolute Gasteiger partial charge is 0.272 e. The summed E-state index contributed by atoms with van der Waals surface area (Å²) in [4.78, 5) is 25.5. The van der Waals surface area contributed by atoms with Gasteiger partial charge in [-0.05, 0) is 70.4 Å². The maximum atomic E-state index is 12.7. The van der Waals surface area contributed by atoms with Crippen LogP contribution in [0, 0.1) is 32.7 Å². The van der Waals surface area contributed by atoms with Crippen molar-refractivity contribution in [3.05, 3.63) is 45.6 Å². The predicted octanol–water partition coefficient (Wildman–Crippen LogP) is 2.82. The molecule has 0 radical (unpaired) electrons. The minimum Gasteiger partial charge on any atom is -0.272 e. The second-order valence-corrected chi connectivity index (χ2v) is 8.25. The van der Waals surface area contributed by atoms with E-state index in [1.807, 2.05) is 24.3 Å². The van der Waals surface area contributed by atoms with E-state index in [1.54, 1.807) is 6.21 Å². The lowest BCUT2D eigenvalue weighted by atomic mass is 9.85. The summed E-state index contributed by atoms with van der Waals surface area (Å²) in [5.74, 6) is -0.0465. The lowest BCUT2D eigenvalue weighted by Gasteiger charge is -2.18. The third-order valence-electron chi connectivity index (χ3n) is 6.00. The van der Waals surface area contributed by atoms with Crippen molar-refractivity contribution in [3.63, 3.8) is 0 Å². The molecule has 2 amide bonds. The van der Waals surface area contributed by atoms with Gasteiger partial charge < -0.3 is 0 Å². The van der Waals surface area contributed by atoms with Crippen LogP contribution < -0.4 is 0 Å². The molecule has 1 heterocycles. The summed E-state index contributed by atoms with van der Waals surface area (Å²) >= 11 is 2.23. The molecule has 1 saturated heterocycles. The highest BCUT2D eigenvalue weighted by Gasteiger charge is 2.73. The lowest BCUT2D eigenvalue weighted by molar-refractivity contribution is -0.141. The Labute approximate surface area is 147 Å². The zero-order valence-electron chi connectivity index (χ0n) is 12.4. The number of hydrogen-bond donors (Lipinski definition) is 0. The number of amides is 2. The van der Waals surface area contributed by atoms with Crippen LogP contribution in [0.2, 0.25) is 0 Å². The van der Waals surface area contributed by atoms with E-state index in [9.17, 15) is 9.59 Å². The number of hydrogen-bond acceptors (Lipinski definition) is 3. The Bertz CT molecular complexity index is 762. The third-order valence-corrected chi connectivity index (χ3v) is 6.67. The van der Waals surface area contributed by atoms with Crippen molar-refractivity contribution in [2.75, 3.05) is 0 Å². The number of imide groups is 1. The van der Waals surface area contributed by atoms with Crippen LogP contribution in [0.4, 0.5) is 0 Å². The zero-order chi connectivity index (χ0) is 15.8. The number of hydrazone groups is 1. The second-order valence-electron chi connectivity index (χ2n) is 7.01. The van der Waals surface area contributed by atoms with Crippen LogP contribution in [0.1, 0.15) is 18.4 Å². The molecule has 4 nitrogen and oxygen atoms in total. The van der Waals surface area contributed by atoms with Gasteiger partial charge in [-0.1, -0.05) is 24.3 Å². The zero-order valence-corrected chi connectivity index (χ0v) is 14.5. The van der Waals surface area contributed by atoms with Gasteiger partial charge in [0.25, 0.3) is 11.8 Å². The summed E-state index contributed by atoms with van der Waals surface area (Å²) in [7, 11) is 0. The molecule has 116 valence electrons. The molecule has 4 aliphatic rings. The first-order valence-corrected chi connectivity index (χ1v) is 9.05. The molecule has 5 heteroatoms. The van der Waals surface area contributed by atoms with Gasteiger partial charge in [-0.2, -0.15) is 10.1 Å². The first-order chi connectivity index (χ1) is 11.1. The Morgan fingerprint density at radius 2 is 1.78 bits per heavy atom. The molecule has 1 aromatic rings. The molecule has 4 atom stereocenters. The van der Waals surface area contributed by atoms with Gasteiger partial charge in [-0.25, -0.2) is 0 Å². The van der Waals surface area contributed by atoms with Gasteiger partial charge in [0.15, 0.2) is 0 Å². The molecule has 0 unspecified atom stereocenters. The molecule has 0 aromatic heterocycles. The number of rotatable bonds is 2. The van der Waals surface area contributed by atoms with Crippen molar-refractivity contribution in [2.24, 2.45) is 34.2 Å². The maximum absolute atomic E-state index is 12.7. The summed E-state index contributed by atoms with van der Waals surface area (Å²) in [5.41, 5.74) is 1.14. The molecule has 1 aromatic carbocycles. The van der Waals surface area contributed by atoms with E-state index in [-0.39, 0.29) is 40.9 Å². The van der Waals surface area contributed by atoms with Crippen molar-refractivity contribution in [3.8, 4) is 0 Å². The van der Waals surface area contributed by atoms with Crippen molar-refractivity contribution in [2.45, 2.75) is 12.8 Å². The lowest BCUT2D eigenvalue weighted by Crippen LogP contribution is -2.30. The number of nitrogens with zero attached hydrogens (tertiary/aromatic N) is 2. The molecule has 3 fully saturated rings. The quantitative estimate of drug-likeness (QED) is 0.321. The number of fused-ring (bicyclic) bond motifs is 3. The molecular weight excluding hydrogens is 403 g/mol. The molecule has 2 saturated carbocycles. The van der Waals surface area contributed by atoms with Crippen LogP contribution in [-0.4, -0.2) is 23.0 Å². The van der Waals surface area contributed by atoms with E-state index in [0.717, 1.165) is 27.0 Å². The predicted molar refractivity (Wildman–Crippen MR) is 93.4 cm³/mol. The van der Waals surface area contributed by atoms with Crippen molar-refractivity contribution in [1.29, 1.82) is 0 Å². The Morgan fingerprint density at radius 3 is 2.35 bits per heavy atom. The maximum Gasteiger partial charge on any atom is 0.254 e. The number of carbonyl (C=O) groups excluding carboxylic acids is 2. The van der Waals surface area contributed by atoms with Crippen molar-refractivity contribution < 1.29 is 9.59 Å². The molecule has 1 spiro atoms. The van der Waals surface area contributed by atoms with Gasteiger partial charge in [-0.3, -0.25) is 9.59 Å². The van der Waals surface area contributed by atoms with E-state index in [2.05, 4.69) is 39.8 Å². The molecule has 5 rings (SSSR count). The molecule has 3 aliphatic carbocycles. The first kappa shape index (κ1) is 13.9. The topological polar surface area (TPSA) is 49.7 Å². The number of allylic oxidation sites excluding steroid dienone is 2. The first-order valence-electron chi connectivity index (χ1n) is 7.97. The van der Waals surface area contributed by atoms with E-state index in [1.165, 1.54) is 0 Å². The van der Waals surface area contributed by atoms with Gasteiger partial charge >= 0.3 is 0 Å². The number of carbonyl (C=O) groups is 2. The highest BCUT2D eigenvalue weighted by molar-refractivity contribution is 14.1. The summed E-state index contributed by atoms with van der Waals surface area (Å²) in [5, 5.41) is 5.34. The standard InChI is InChI=1S/C18H15IN2O2/c19-11-3-1-2-10(8-11)9-20-21-16(22)14-12-4-5-13(15(14)17(21)23)18(12)6-7-18/h1-5,8-9,12-15H,6-7H2/t12-,13-,14+,15+/m1/s1. The Hall–Kier alpha value is -1.50. The summed E-state index contributed by atoms with van der Waals surface area (Å²) in [6, 6.07) is 7.82. The van der Waals surface area contributed by atoms with Gasteiger partial charge in [0.2, 0.25) is 0 Å². The Balaban J connectivity index is 1.44. The second kappa shape index (κ2) is 4.53. The van der Waals surface area contributed by atoms with E-state index in [0.29, 0.717) is 0 Å². The van der Waals surface area contributed by atoms with E-state index in [4.69, 9.17) is 0 Å². The van der Waals surface area contributed by atoms with Crippen molar-refractivity contribution >= 4 is 40.6 Å². The molecule has 23 heavy (non-hydrogen) atoms. The molecule has 2 bridgehead atoms. The van der Waals surface area contributed by atoms with Crippen LogP contribution in [0.5, 0.6) is 0 Å². The van der Waals surface area contributed by atoms with Crippen molar-refractivity contribution in [1.82, 2.24) is 5.01 Å². The van der Waals surface area contributed by atoms with Gasteiger partial charge in [0, 0.05) is 3.57 Å². The average molecular weight is 418 g/mol. The normalized spacial score (nSPS) is 35.8. The fourth-order valence-corrected chi connectivity index (χ4v) is 5.46. The van der Waals surface area contributed by atoms with Crippen LogP contribution >= 0.6 is 22.6 Å². The third kappa shape index (κ3) is 1.74. The fourth-order valence-electron chi connectivity index (χ4n) is 4.89. The SMILES string of the molecule is O=C1[C@@H]2[C@@H](C(=O)N1N=Cc1cccc(I)c1)[C@H]1C=C[C@H]2C12CC2. The summed E-state index contributed by atoms with van der Waals surface area (Å²) < 4.78 is 1.10. The monoisotopic (exact) mass is 418 g/mol. The smallest absolute Gasteiger partial charge is 0.254 e. The summed E-state index contributed by atoms with van der Waals surface area (Å²) in [6.07, 6.45) is 8.29. The minimum atomic E-state index is -0.173. The van der Waals surface area contributed by atoms with Gasteiger partial charge in [0.05, 0.1) is 18.1 Å². The molecule has 1 aliphatic heterocycles. The minimum absolute atomic E-state index is 0.106. The molecular formula is C18H15IN2O2. The van der Waals surface area contributed by atoms with E-state index < -0.39 is 0 Å². The number of benzene rings is 1. The van der Waals surface area contributed by atoms with E-state index >= 15 is 0 Å². The summed E-state index contributed by atoms with van der Waals surface area (Å²) in [6.45, 7) is 0. The van der Waals surface area contributed by atoms with Gasteiger partial charge in [0.1, 0.15) is 0 Å². The molecule has 0 N–H and O–H groups in total. The van der Waals surface area contributed by atoms with Gasteiger partial charge in [-0.15, -0.1) is 0 Å². The van der Waals surface area contributed by atoms with Crippen LogP contribution in [0.25, 0.3) is 0 Å². The Morgan fingerprint density at radius 1 is 1.13 bits per heavy atom. The Kier molecular flexibility index (Phi) is 2.73. The average Bonchev–Trinajstić information content (AvgIpc) is 3.13. The van der Waals surface area contributed by atoms with Crippen LogP contribution in [-0.2, 0) is 9.59 Å².